The normalized spacial score (nSPS) is 21.9. The standard InChI is InChI=1S/C30H30Cl2N4O5S/c1-14(2)40-22-8-16(29(37)38)9-24-27(22)34-30(42-24)36-11-18-21(13-39-23(18)12-36)33-10-17-26(35-41-28(17)15-6-7-15)25-19(31)4-3-5-20(25)32/h3-5,8-9,14-15,18,21,23,33H,6-7,10-13H2,1-2H3,(H,37,38)/t18-,21+,23-/m1/s1. The molecule has 2 saturated heterocycles. The highest BCUT2D eigenvalue weighted by Gasteiger charge is 2.45. The number of carboxylic acids is 1. The van der Waals surface area contributed by atoms with Crippen molar-refractivity contribution in [3.63, 3.8) is 0 Å². The molecule has 12 heteroatoms. The van der Waals surface area contributed by atoms with E-state index in [1.54, 1.807) is 12.1 Å². The number of carbonyl (C=O) groups is 1. The number of hydrogen-bond acceptors (Lipinski definition) is 9. The molecule has 1 saturated carbocycles. The number of benzene rings is 2. The smallest absolute Gasteiger partial charge is 0.335 e. The van der Waals surface area contributed by atoms with Crippen LogP contribution in [0.5, 0.6) is 5.75 Å². The van der Waals surface area contributed by atoms with Crippen LogP contribution < -0.4 is 15.0 Å². The third-order valence-electron chi connectivity index (χ3n) is 8.15. The lowest BCUT2D eigenvalue weighted by atomic mass is 9.99. The number of thiazole rings is 1. The van der Waals surface area contributed by atoms with Crippen molar-refractivity contribution in [3.8, 4) is 17.0 Å². The van der Waals surface area contributed by atoms with Gasteiger partial charge in [0.1, 0.15) is 22.7 Å². The van der Waals surface area contributed by atoms with Gasteiger partial charge < -0.3 is 29.3 Å². The molecule has 42 heavy (non-hydrogen) atoms. The van der Waals surface area contributed by atoms with Gasteiger partial charge in [-0.2, -0.15) is 0 Å². The van der Waals surface area contributed by atoms with E-state index in [9.17, 15) is 9.90 Å². The van der Waals surface area contributed by atoms with Crippen molar-refractivity contribution in [1.82, 2.24) is 15.5 Å². The van der Waals surface area contributed by atoms with Gasteiger partial charge in [-0.25, -0.2) is 9.78 Å². The van der Waals surface area contributed by atoms with Crippen LogP contribution in [-0.4, -0.2) is 59.2 Å². The molecule has 2 aliphatic heterocycles. The van der Waals surface area contributed by atoms with Crippen LogP contribution in [0.15, 0.2) is 34.9 Å². The zero-order valence-corrected chi connectivity index (χ0v) is 25.4. The molecule has 3 atom stereocenters. The quantitative estimate of drug-likeness (QED) is 0.211. The minimum atomic E-state index is -0.990. The Morgan fingerprint density at radius 1 is 1.24 bits per heavy atom. The summed E-state index contributed by atoms with van der Waals surface area (Å²) in [6.45, 7) is 6.50. The van der Waals surface area contributed by atoms with Crippen LogP contribution in [0.4, 0.5) is 5.13 Å². The van der Waals surface area contributed by atoms with Crippen LogP contribution in [0.1, 0.15) is 54.3 Å². The number of carboxylic acid groups (broad SMARTS) is 1. The number of hydrogen-bond donors (Lipinski definition) is 2. The van der Waals surface area contributed by atoms with Gasteiger partial charge in [-0.3, -0.25) is 0 Å². The molecular weight excluding hydrogens is 599 g/mol. The average Bonchev–Trinajstić information content (AvgIpc) is 3.26. The fourth-order valence-electron chi connectivity index (χ4n) is 5.98. The SMILES string of the molecule is CC(C)Oc1cc(C(=O)O)cc2sc(N3C[C@@H]4[C@@H](NCc5c(-c6c(Cl)cccc6Cl)noc5C5CC5)CO[C@@H]4C3)nc12. The number of ether oxygens (including phenoxy) is 2. The van der Waals surface area contributed by atoms with E-state index in [1.807, 2.05) is 32.0 Å². The van der Waals surface area contributed by atoms with Crippen molar-refractivity contribution >= 4 is 55.9 Å². The maximum absolute atomic E-state index is 11.7. The molecule has 2 N–H and O–H groups in total. The number of rotatable bonds is 9. The number of aromatic carboxylic acids is 1. The second-order valence-electron chi connectivity index (χ2n) is 11.5. The van der Waals surface area contributed by atoms with Gasteiger partial charge in [0.15, 0.2) is 5.13 Å². The Hall–Kier alpha value is -2.89. The molecule has 4 heterocycles. The van der Waals surface area contributed by atoms with Gasteiger partial charge in [-0.1, -0.05) is 45.8 Å². The fourth-order valence-corrected chi connectivity index (χ4v) is 7.60. The van der Waals surface area contributed by atoms with Crippen LogP contribution in [0.25, 0.3) is 21.5 Å². The molecule has 2 aromatic heterocycles. The van der Waals surface area contributed by atoms with Gasteiger partial charge in [-0.05, 0) is 51.0 Å². The first kappa shape index (κ1) is 27.9. The number of nitrogens with zero attached hydrogens (tertiary/aromatic N) is 3. The van der Waals surface area contributed by atoms with Gasteiger partial charge in [-0.15, -0.1) is 0 Å². The summed E-state index contributed by atoms with van der Waals surface area (Å²) in [7, 11) is 0. The maximum atomic E-state index is 11.7. The average molecular weight is 630 g/mol. The highest BCUT2D eigenvalue weighted by atomic mass is 35.5. The van der Waals surface area contributed by atoms with Crippen LogP contribution in [0, 0.1) is 5.92 Å². The Kier molecular flexibility index (Phi) is 7.30. The van der Waals surface area contributed by atoms with Crippen LogP contribution in [0.2, 0.25) is 10.0 Å². The topological polar surface area (TPSA) is 110 Å². The van der Waals surface area contributed by atoms with Gasteiger partial charge >= 0.3 is 5.97 Å². The molecule has 1 aliphatic carbocycles. The van der Waals surface area contributed by atoms with Gasteiger partial charge in [0.2, 0.25) is 0 Å². The van der Waals surface area contributed by atoms with Crippen molar-refractivity contribution in [2.75, 3.05) is 24.6 Å². The van der Waals surface area contributed by atoms with Gasteiger partial charge in [0, 0.05) is 48.6 Å². The Morgan fingerprint density at radius 2 is 2.02 bits per heavy atom. The highest BCUT2D eigenvalue weighted by Crippen LogP contribution is 2.46. The van der Waals surface area contributed by atoms with E-state index < -0.39 is 5.97 Å². The molecule has 0 bridgehead atoms. The molecule has 3 aliphatic rings. The van der Waals surface area contributed by atoms with Crippen molar-refractivity contribution in [2.45, 2.75) is 57.4 Å². The first-order chi connectivity index (χ1) is 20.3. The zero-order valence-electron chi connectivity index (χ0n) is 23.1. The summed E-state index contributed by atoms with van der Waals surface area (Å²) < 4.78 is 18.8. The van der Waals surface area contributed by atoms with Crippen molar-refractivity contribution in [1.29, 1.82) is 0 Å². The van der Waals surface area contributed by atoms with Crippen LogP contribution in [-0.2, 0) is 11.3 Å². The molecule has 0 spiro atoms. The van der Waals surface area contributed by atoms with Crippen LogP contribution >= 0.6 is 34.5 Å². The van der Waals surface area contributed by atoms with E-state index in [0.717, 1.165) is 47.1 Å². The Bertz CT molecular complexity index is 1650. The second-order valence-corrected chi connectivity index (χ2v) is 13.3. The van der Waals surface area contributed by atoms with Crippen molar-refractivity contribution < 1.29 is 23.9 Å². The van der Waals surface area contributed by atoms with Crippen molar-refractivity contribution in [2.24, 2.45) is 5.92 Å². The Labute approximate surface area is 256 Å². The highest BCUT2D eigenvalue weighted by molar-refractivity contribution is 7.22. The van der Waals surface area contributed by atoms with E-state index in [0.29, 0.717) is 51.6 Å². The molecule has 220 valence electrons. The summed E-state index contributed by atoms with van der Waals surface area (Å²) in [5.41, 5.74) is 3.27. The summed E-state index contributed by atoms with van der Waals surface area (Å²) in [6, 6.07) is 8.81. The molecule has 0 unspecified atom stereocenters. The zero-order chi connectivity index (χ0) is 29.1. The van der Waals surface area contributed by atoms with Gasteiger partial charge in [0.25, 0.3) is 0 Å². The maximum Gasteiger partial charge on any atom is 0.335 e. The minimum absolute atomic E-state index is 0.0679. The van der Waals surface area contributed by atoms with E-state index in [2.05, 4.69) is 15.4 Å². The molecule has 4 aromatic rings. The first-order valence-electron chi connectivity index (χ1n) is 14.1. The molecule has 7 rings (SSSR count). The predicted octanol–water partition coefficient (Wildman–Crippen LogP) is 6.61. The first-order valence-corrected chi connectivity index (χ1v) is 15.7. The molecule has 9 nitrogen and oxygen atoms in total. The second kappa shape index (κ2) is 11.0. The molecule has 2 aromatic carbocycles. The van der Waals surface area contributed by atoms with Gasteiger partial charge in [0.05, 0.1) is 39.1 Å². The number of aromatic nitrogens is 2. The van der Waals surface area contributed by atoms with Crippen molar-refractivity contribution in [3.05, 3.63) is 57.3 Å². The number of halogens is 2. The third-order valence-corrected chi connectivity index (χ3v) is 9.84. The molecule has 0 amide bonds. The summed E-state index contributed by atoms with van der Waals surface area (Å²) >= 11 is 14.6. The number of nitrogens with one attached hydrogen (secondary N) is 1. The van der Waals surface area contributed by atoms with E-state index >= 15 is 0 Å². The fraction of sp³-hybridized carbons (Fsp3) is 0.433. The summed E-state index contributed by atoms with van der Waals surface area (Å²) in [6.07, 6.45) is 2.14. The van der Waals surface area contributed by atoms with E-state index in [-0.39, 0.29) is 29.7 Å². The summed E-state index contributed by atoms with van der Waals surface area (Å²) in [4.78, 5) is 18.9. The number of anilines is 1. The largest absolute Gasteiger partial charge is 0.489 e. The molecule has 3 fully saturated rings. The summed E-state index contributed by atoms with van der Waals surface area (Å²) in [5, 5.41) is 19.7. The lowest BCUT2D eigenvalue weighted by Crippen LogP contribution is -2.38. The number of fused-ring (bicyclic) bond motifs is 2. The summed E-state index contributed by atoms with van der Waals surface area (Å²) in [5.74, 6) is 1.05. The van der Waals surface area contributed by atoms with E-state index in [1.165, 1.54) is 11.3 Å². The van der Waals surface area contributed by atoms with E-state index in [4.69, 9.17) is 42.2 Å². The molecular formula is C30H30Cl2N4O5S. The lowest BCUT2D eigenvalue weighted by Gasteiger charge is -2.20. The Morgan fingerprint density at radius 3 is 2.74 bits per heavy atom. The predicted molar refractivity (Wildman–Crippen MR) is 162 cm³/mol. The Balaban J connectivity index is 1.11. The van der Waals surface area contributed by atoms with Crippen LogP contribution in [0.3, 0.4) is 0 Å². The third kappa shape index (κ3) is 5.13. The lowest BCUT2D eigenvalue weighted by molar-refractivity contribution is 0.0696. The molecule has 0 radical (unpaired) electrons. The minimum Gasteiger partial charge on any atom is -0.489 e. The monoisotopic (exact) mass is 628 g/mol.